The minimum Gasteiger partial charge on any atom is -0.393 e. The third-order valence-corrected chi connectivity index (χ3v) is 2.92. The Kier molecular flexibility index (Phi) is 14.3. The lowest BCUT2D eigenvalue weighted by Gasteiger charge is -2.11. The number of Topliss-reactive ketones (excluding diaryl/α,β-unsaturated/α-hetero) is 3. The number of hydrogen-bond acceptors (Lipinski definition) is 6. The maximum atomic E-state index is 10.8. The van der Waals surface area contributed by atoms with E-state index in [4.69, 9.17) is 15.3 Å². The molecule has 6 heteroatoms. The highest BCUT2D eigenvalue weighted by Gasteiger charge is 2.11. The van der Waals surface area contributed by atoms with Crippen LogP contribution in [0.2, 0.25) is 0 Å². The second kappa shape index (κ2) is 13.5. The smallest absolute Gasteiger partial charge is 0.393 e. The molecule has 0 heterocycles. The molecule has 3 N–H and O–H groups in total. The van der Waals surface area contributed by atoms with Crippen LogP contribution in [0.1, 0.15) is 67.6 Å². The molecule has 3 atom stereocenters. The first kappa shape index (κ1) is 23.2. The summed E-state index contributed by atoms with van der Waals surface area (Å²) in [5.74, 6) is -0.356. The Bertz CT molecular complexity index is 345. The zero-order chi connectivity index (χ0) is 17.7. The van der Waals surface area contributed by atoms with Gasteiger partial charge >= 0.3 is 1.43 Å². The topological polar surface area (TPSA) is 112 Å². The molecule has 0 aromatic heterocycles. The highest BCUT2D eigenvalue weighted by Crippen LogP contribution is 2.05. The van der Waals surface area contributed by atoms with Crippen molar-refractivity contribution in [3.63, 3.8) is 0 Å². The Morgan fingerprint density at radius 2 is 1.32 bits per heavy atom. The van der Waals surface area contributed by atoms with Crippen LogP contribution in [0.25, 0.3) is 0 Å². The average molecular weight is 319 g/mol. The van der Waals surface area contributed by atoms with E-state index < -0.39 is 18.3 Å². The van der Waals surface area contributed by atoms with Crippen molar-refractivity contribution in [2.75, 3.05) is 0 Å². The maximum Gasteiger partial charge on any atom is 1.00 e. The highest BCUT2D eigenvalue weighted by molar-refractivity contribution is 5.98. The zero-order valence-corrected chi connectivity index (χ0v) is 14.0. The molecule has 0 aliphatic rings. The molecule has 0 aliphatic heterocycles. The van der Waals surface area contributed by atoms with Gasteiger partial charge in [0.15, 0.2) is 0 Å². The summed E-state index contributed by atoms with van der Waals surface area (Å²) in [6.07, 6.45) is -0.0486. The molecule has 0 rings (SSSR count). The fraction of sp³-hybridized carbons (Fsp3) is 0.812. The number of carbonyl (C=O) groups excluding carboxylic acids is 3. The van der Waals surface area contributed by atoms with Crippen molar-refractivity contribution >= 4 is 17.3 Å². The maximum absolute atomic E-state index is 10.8. The fourth-order valence-corrected chi connectivity index (χ4v) is 1.65. The van der Waals surface area contributed by atoms with E-state index >= 15 is 0 Å². The van der Waals surface area contributed by atoms with Gasteiger partial charge in [0.25, 0.3) is 0 Å². The Hall–Kier alpha value is -1.11. The van der Waals surface area contributed by atoms with Crippen molar-refractivity contribution in [2.45, 2.75) is 84.5 Å². The molecular weight excluding hydrogens is 288 g/mol. The van der Waals surface area contributed by atoms with Gasteiger partial charge in [-0.15, -0.1) is 0 Å². The van der Waals surface area contributed by atoms with E-state index in [2.05, 4.69) is 0 Å². The summed E-state index contributed by atoms with van der Waals surface area (Å²) in [6.45, 7) is 6.44. The van der Waals surface area contributed by atoms with E-state index in [0.29, 0.717) is 19.3 Å². The summed E-state index contributed by atoms with van der Waals surface area (Å²) in [6, 6.07) is 0. The number of rotatable bonds is 10. The quantitative estimate of drug-likeness (QED) is 0.523. The van der Waals surface area contributed by atoms with Crippen LogP contribution in [0.5, 0.6) is 0 Å². The van der Waals surface area contributed by atoms with E-state index in [1.165, 1.54) is 13.8 Å². The lowest BCUT2D eigenvalue weighted by atomic mass is 10.1. The molecule has 0 aromatic carbocycles. The predicted molar refractivity (Wildman–Crippen MR) is 84.6 cm³/mol. The molecular formula is C16H31O6+. The molecule has 130 valence electrons. The summed E-state index contributed by atoms with van der Waals surface area (Å²) >= 11 is 0. The monoisotopic (exact) mass is 319 g/mol. The molecule has 22 heavy (non-hydrogen) atoms. The first-order valence-corrected chi connectivity index (χ1v) is 7.66. The van der Waals surface area contributed by atoms with Gasteiger partial charge in [-0.3, -0.25) is 14.4 Å². The molecule has 0 aromatic rings. The molecule has 0 fully saturated rings. The second-order valence-electron chi connectivity index (χ2n) is 5.54. The van der Waals surface area contributed by atoms with Gasteiger partial charge < -0.3 is 15.3 Å². The summed E-state index contributed by atoms with van der Waals surface area (Å²) in [5, 5.41) is 27.2. The van der Waals surface area contributed by atoms with Crippen molar-refractivity contribution in [3.8, 4) is 0 Å². The van der Waals surface area contributed by atoms with Crippen LogP contribution in [0.3, 0.4) is 0 Å². The van der Waals surface area contributed by atoms with E-state index in [-0.39, 0.29) is 38.0 Å². The van der Waals surface area contributed by atoms with Crippen molar-refractivity contribution in [2.24, 2.45) is 0 Å². The Balaban J connectivity index is -0.000000333. The fourth-order valence-electron chi connectivity index (χ4n) is 1.65. The second-order valence-corrected chi connectivity index (χ2v) is 5.54. The van der Waals surface area contributed by atoms with Crippen molar-refractivity contribution in [1.29, 1.82) is 0 Å². The standard InChI is InChI=1S/C8H16O3.C8H14O3/c2*1-3-7(10)5-8(11)4-6(2)9/h7-8,10-11H,3-5H2,1-2H3;7,10H,3-5H2,1-2H3/p+1/t7-,8+;7-/m11/s1. The predicted octanol–water partition coefficient (Wildman–Crippen LogP) is 1.30. The molecule has 0 saturated carbocycles. The number of aliphatic hydroxyl groups excluding tert-OH is 3. The van der Waals surface area contributed by atoms with Gasteiger partial charge in [-0.25, -0.2) is 0 Å². The number of aliphatic hydroxyl groups is 3. The summed E-state index contributed by atoms with van der Waals surface area (Å²) in [4.78, 5) is 31.7. The van der Waals surface area contributed by atoms with Crippen LogP contribution in [0, 0.1) is 0 Å². The third kappa shape index (κ3) is 16.9. The van der Waals surface area contributed by atoms with Crippen LogP contribution >= 0.6 is 0 Å². The van der Waals surface area contributed by atoms with E-state index in [0.717, 1.165) is 0 Å². The SMILES string of the molecule is CC[C@@H](O)CC(=O)CC(C)=O.CC[C@@H](O)C[C@@H](O)CC(C)=O.[H+]. The van der Waals surface area contributed by atoms with Gasteiger partial charge in [0.05, 0.1) is 24.7 Å². The van der Waals surface area contributed by atoms with Crippen molar-refractivity contribution in [3.05, 3.63) is 0 Å². The van der Waals surface area contributed by atoms with Crippen LogP contribution in [0.4, 0.5) is 0 Å². The minimum atomic E-state index is -0.678. The van der Waals surface area contributed by atoms with Crippen LogP contribution in [-0.2, 0) is 14.4 Å². The normalized spacial score (nSPS) is 14.3. The van der Waals surface area contributed by atoms with Gasteiger partial charge in [0.1, 0.15) is 17.3 Å². The number of hydrogen-bond donors (Lipinski definition) is 3. The first-order valence-electron chi connectivity index (χ1n) is 7.66. The molecule has 0 aliphatic carbocycles. The first-order chi connectivity index (χ1) is 10.1. The largest absolute Gasteiger partial charge is 1.00 e. The molecule has 0 radical (unpaired) electrons. The molecule has 0 spiro atoms. The average Bonchev–Trinajstić information content (AvgIpc) is 2.36. The van der Waals surface area contributed by atoms with Gasteiger partial charge in [0.2, 0.25) is 0 Å². The summed E-state index contributed by atoms with van der Waals surface area (Å²) in [7, 11) is 0. The van der Waals surface area contributed by atoms with E-state index in [1.54, 1.807) is 6.92 Å². The summed E-state index contributed by atoms with van der Waals surface area (Å²) in [5.41, 5.74) is 0. The van der Waals surface area contributed by atoms with Gasteiger partial charge in [-0.05, 0) is 33.1 Å². The Morgan fingerprint density at radius 1 is 0.818 bits per heavy atom. The molecule has 0 unspecified atom stereocenters. The lowest BCUT2D eigenvalue weighted by molar-refractivity contribution is -0.127. The van der Waals surface area contributed by atoms with E-state index in [9.17, 15) is 14.4 Å². The van der Waals surface area contributed by atoms with Crippen LogP contribution in [0.15, 0.2) is 0 Å². The molecule has 0 bridgehead atoms. The highest BCUT2D eigenvalue weighted by atomic mass is 16.3. The molecule has 0 saturated heterocycles. The number of ketones is 3. The van der Waals surface area contributed by atoms with Gasteiger partial charge in [-0.2, -0.15) is 0 Å². The van der Waals surface area contributed by atoms with Crippen LogP contribution in [-0.4, -0.2) is 51.0 Å². The molecule has 6 nitrogen and oxygen atoms in total. The Morgan fingerprint density at radius 3 is 1.68 bits per heavy atom. The molecule has 0 amide bonds. The third-order valence-electron chi connectivity index (χ3n) is 2.92. The Labute approximate surface area is 134 Å². The number of carbonyl (C=O) groups is 3. The van der Waals surface area contributed by atoms with Crippen molar-refractivity contribution < 1.29 is 31.1 Å². The van der Waals surface area contributed by atoms with Gasteiger partial charge in [-0.1, -0.05) is 13.8 Å². The lowest BCUT2D eigenvalue weighted by Crippen LogP contribution is -2.19. The van der Waals surface area contributed by atoms with Gasteiger partial charge in [0, 0.05) is 12.8 Å². The zero-order valence-electron chi connectivity index (χ0n) is 15.0. The minimum absolute atomic E-state index is 0. The van der Waals surface area contributed by atoms with E-state index in [1.807, 2.05) is 6.92 Å². The van der Waals surface area contributed by atoms with Crippen LogP contribution < -0.4 is 0 Å². The van der Waals surface area contributed by atoms with Crippen molar-refractivity contribution in [1.82, 2.24) is 0 Å². The summed E-state index contributed by atoms with van der Waals surface area (Å²) < 4.78 is 0.